The Bertz CT molecular complexity index is 978. The van der Waals surface area contributed by atoms with Gasteiger partial charge in [0.25, 0.3) is 5.91 Å². The summed E-state index contributed by atoms with van der Waals surface area (Å²) in [6, 6.07) is 6.94. The van der Waals surface area contributed by atoms with Gasteiger partial charge < -0.3 is 9.64 Å². The molecule has 1 amide bonds. The van der Waals surface area contributed by atoms with Gasteiger partial charge in [0, 0.05) is 31.5 Å². The molecule has 0 saturated carbocycles. The van der Waals surface area contributed by atoms with Crippen molar-refractivity contribution in [2.24, 2.45) is 0 Å². The molecule has 28 heavy (non-hydrogen) atoms. The first-order chi connectivity index (χ1) is 13.3. The van der Waals surface area contributed by atoms with E-state index in [0.29, 0.717) is 37.2 Å². The van der Waals surface area contributed by atoms with E-state index >= 15 is 0 Å². The summed E-state index contributed by atoms with van der Waals surface area (Å²) in [7, 11) is 0. The zero-order valence-corrected chi connectivity index (χ0v) is 15.9. The number of likely N-dealkylation sites (tertiary alicyclic amines) is 1. The Hall–Kier alpha value is -2.76. The smallest absolute Gasteiger partial charge is 0.253 e. The van der Waals surface area contributed by atoms with Gasteiger partial charge in [0.2, 0.25) is 0 Å². The van der Waals surface area contributed by atoms with Crippen molar-refractivity contribution in [2.45, 2.75) is 38.7 Å². The number of hydrogen-bond donors (Lipinski definition) is 0. The Labute approximate surface area is 162 Å². The summed E-state index contributed by atoms with van der Waals surface area (Å²) in [5.74, 6) is -1.69. The number of carbonyl (C=O) groups excluding carboxylic acids is 2. The van der Waals surface area contributed by atoms with E-state index in [1.165, 1.54) is 6.07 Å². The molecule has 146 valence electrons. The van der Waals surface area contributed by atoms with Crippen molar-refractivity contribution in [3.63, 3.8) is 0 Å². The van der Waals surface area contributed by atoms with Crippen molar-refractivity contribution in [2.75, 3.05) is 13.1 Å². The second-order valence-electron chi connectivity index (χ2n) is 7.74. The van der Waals surface area contributed by atoms with Crippen molar-refractivity contribution in [3.05, 3.63) is 64.2 Å². The molecule has 1 fully saturated rings. The lowest BCUT2D eigenvalue weighted by Crippen LogP contribution is -2.52. The predicted octanol–water partition coefficient (Wildman–Crippen LogP) is 4.22. The van der Waals surface area contributed by atoms with Crippen LogP contribution in [0.3, 0.4) is 0 Å². The maximum atomic E-state index is 13.4. The summed E-state index contributed by atoms with van der Waals surface area (Å²) in [4.78, 5) is 26.9. The number of carbonyl (C=O) groups is 2. The first kappa shape index (κ1) is 18.6. The van der Waals surface area contributed by atoms with Crippen LogP contribution in [0.25, 0.3) is 0 Å². The summed E-state index contributed by atoms with van der Waals surface area (Å²) in [5, 5.41) is 0. The molecule has 0 unspecified atom stereocenters. The molecule has 4 rings (SSSR count). The number of benzene rings is 2. The van der Waals surface area contributed by atoms with E-state index in [1.807, 2.05) is 26.0 Å². The van der Waals surface area contributed by atoms with Crippen LogP contribution < -0.4 is 4.74 Å². The Balaban J connectivity index is 1.50. The summed E-state index contributed by atoms with van der Waals surface area (Å²) < 4.78 is 32.8. The highest BCUT2D eigenvalue weighted by Gasteiger charge is 2.43. The number of amides is 1. The van der Waals surface area contributed by atoms with E-state index in [1.54, 1.807) is 4.90 Å². The van der Waals surface area contributed by atoms with Crippen molar-refractivity contribution in [3.8, 4) is 5.75 Å². The van der Waals surface area contributed by atoms with Crippen LogP contribution in [0.2, 0.25) is 0 Å². The van der Waals surface area contributed by atoms with Crippen molar-refractivity contribution >= 4 is 11.7 Å². The van der Waals surface area contributed by atoms with Gasteiger partial charge in [-0.15, -0.1) is 0 Å². The van der Waals surface area contributed by atoms with Gasteiger partial charge in [0.15, 0.2) is 17.4 Å². The lowest BCUT2D eigenvalue weighted by Gasteiger charge is -2.44. The molecule has 1 spiro atoms. The molecule has 0 aliphatic carbocycles. The van der Waals surface area contributed by atoms with Crippen LogP contribution in [0.5, 0.6) is 5.75 Å². The monoisotopic (exact) mass is 385 g/mol. The van der Waals surface area contributed by atoms with E-state index in [-0.39, 0.29) is 23.7 Å². The molecule has 2 aliphatic rings. The molecular weight excluding hydrogens is 364 g/mol. The van der Waals surface area contributed by atoms with Crippen LogP contribution in [-0.4, -0.2) is 35.3 Å². The van der Waals surface area contributed by atoms with Gasteiger partial charge >= 0.3 is 0 Å². The third-order valence-electron chi connectivity index (χ3n) is 5.83. The molecule has 0 N–H and O–H groups in total. The fourth-order valence-electron chi connectivity index (χ4n) is 3.96. The lowest BCUT2D eigenvalue weighted by molar-refractivity contribution is -0.00576. The van der Waals surface area contributed by atoms with E-state index in [9.17, 15) is 18.4 Å². The average molecular weight is 385 g/mol. The normalized spacial score (nSPS) is 18.0. The molecule has 2 aromatic carbocycles. The van der Waals surface area contributed by atoms with Crippen LogP contribution in [0, 0.1) is 25.5 Å². The minimum atomic E-state index is -1.04. The predicted molar refractivity (Wildman–Crippen MR) is 99.7 cm³/mol. The summed E-state index contributed by atoms with van der Waals surface area (Å²) in [6.45, 7) is 4.74. The van der Waals surface area contributed by atoms with Gasteiger partial charge in [0.1, 0.15) is 11.4 Å². The topological polar surface area (TPSA) is 46.6 Å². The Morgan fingerprint density at radius 1 is 1.04 bits per heavy atom. The van der Waals surface area contributed by atoms with E-state index < -0.39 is 17.2 Å². The number of Topliss-reactive ketones (excluding diaryl/α,β-unsaturated/α-hetero) is 1. The van der Waals surface area contributed by atoms with Crippen LogP contribution in [0.15, 0.2) is 30.3 Å². The standard InChI is InChI=1S/C22H21F2NO3/c1-13-9-16-19(26)12-22(28-20(16)10-14(13)2)5-7-25(8-6-22)21(27)15-3-4-17(23)18(24)11-15/h3-4,9-11H,5-8,12H2,1-2H3. The number of rotatable bonds is 1. The maximum absolute atomic E-state index is 13.4. The highest BCUT2D eigenvalue weighted by molar-refractivity contribution is 6.00. The second kappa shape index (κ2) is 6.69. The molecule has 0 atom stereocenters. The average Bonchev–Trinajstić information content (AvgIpc) is 2.66. The maximum Gasteiger partial charge on any atom is 0.253 e. The van der Waals surface area contributed by atoms with Gasteiger partial charge in [-0.3, -0.25) is 9.59 Å². The molecule has 0 radical (unpaired) electrons. The number of nitrogens with zero attached hydrogens (tertiary/aromatic N) is 1. The number of hydrogen-bond acceptors (Lipinski definition) is 3. The molecule has 1 saturated heterocycles. The molecule has 2 aromatic rings. The number of halogens is 2. The summed E-state index contributed by atoms with van der Waals surface area (Å²) in [6.07, 6.45) is 1.32. The highest BCUT2D eigenvalue weighted by atomic mass is 19.2. The first-order valence-corrected chi connectivity index (χ1v) is 9.36. The quantitative estimate of drug-likeness (QED) is 0.738. The molecule has 4 nitrogen and oxygen atoms in total. The van der Waals surface area contributed by atoms with E-state index in [0.717, 1.165) is 23.3 Å². The minimum Gasteiger partial charge on any atom is -0.486 e. The van der Waals surface area contributed by atoms with Gasteiger partial charge in [-0.05, 0) is 55.3 Å². The fourth-order valence-corrected chi connectivity index (χ4v) is 3.96. The number of ether oxygens (including phenoxy) is 1. The molecule has 6 heteroatoms. The SMILES string of the molecule is Cc1cc2c(cc1C)C(=O)CC1(CCN(C(=O)c3ccc(F)c(F)c3)CC1)O2. The fraction of sp³-hybridized carbons (Fsp3) is 0.364. The van der Waals surface area contributed by atoms with Crippen LogP contribution in [0.4, 0.5) is 8.78 Å². The highest BCUT2D eigenvalue weighted by Crippen LogP contribution is 2.40. The zero-order valence-electron chi connectivity index (χ0n) is 15.9. The first-order valence-electron chi connectivity index (χ1n) is 9.36. The second-order valence-corrected chi connectivity index (χ2v) is 7.74. The van der Waals surface area contributed by atoms with Gasteiger partial charge in [-0.25, -0.2) is 8.78 Å². The Kier molecular flexibility index (Phi) is 4.44. The van der Waals surface area contributed by atoms with Crippen molar-refractivity contribution < 1.29 is 23.1 Å². The molecule has 2 aliphatic heterocycles. The van der Waals surface area contributed by atoms with Gasteiger partial charge in [-0.1, -0.05) is 0 Å². The lowest BCUT2D eigenvalue weighted by atomic mass is 9.81. The van der Waals surface area contributed by atoms with Crippen molar-refractivity contribution in [1.29, 1.82) is 0 Å². The Morgan fingerprint density at radius 3 is 2.39 bits per heavy atom. The van der Waals surface area contributed by atoms with E-state index in [4.69, 9.17) is 4.74 Å². The van der Waals surface area contributed by atoms with Crippen LogP contribution in [-0.2, 0) is 0 Å². The number of fused-ring (bicyclic) bond motifs is 1. The van der Waals surface area contributed by atoms with E-state index in [2.05, 4.69) is 0 Å². The largest absolute Gasteiger partial charge is 0.486 e. The molecule has 2 heterocycles. The summed E-state index contributed by atoms with van der Waals surface area (Å²) >= 11 is 0. The third-order valence-corrected chi connectivity index (χ3v) is 5.83. The molecular formula is C22H21F2NO3. The van der Waals surface area contributed by atoms with Gasteiger partial charge in [-0.2, -0.15) is 0 Å². The van der Waals surface area contributed by atoms with Crippen LogP contribution in [0.1, 0.15) is 51.1 Å². The van der Waals surface area contributed by atoms with Gasteiger partial charge in [0.05, 0.1) is 12.0 Å². The third kappa shape index (κ3) is 3.17. The molecule has 0 aromatic heterocycles. The molecule has 0 bridgehead atoms. The Morgan fingerprint density at radius 2 is 1.71 bits per heavy atom. The number of piperidine rings is 1. The van der Waals surface area contributed by atoms with Crippen LogP contribution >= 0.6 is 0 Å². The van der Waals surface area contributed by atoms with Crippen molar-refractivity contribution in [1.82, 2.24) is 4.90 Å². The zero-order chi connectivity index (χ0) is 20.1. The minimum absolute atomic E-state index is 0.0599. The number of ketones is 1. The summed E-state index contributed by atoms with van der Waals surface area (Å²) in [5.41, 5.74) is 2.24. The number of aryl methyl sites for hydroxylation is 2.